The van der Waals surface area contributed by atoms with E-state index in [9.17, 15) is 0 Å². The van der Waals surface area contributed by atoms with Gasteiger partial charge < -0.3 is 16.8 Å². The summed E-state index contributed by atoms with van der Waals surface area (Å²) in [6.45, 7) is 0.824. The number of aromatic nitrogens is 1. The van der Waals surface area contributed by atoms with Crippen molar-refractivity contribution in [3.8, 4) is 0 Å². The first kappa shape index (κ1) is 9.54. The van der Waals surface area contributed by atoms with E-state index in [2.05, 4.69) is 10.3 Å². The Hall–Kier alpha value is -1.55. The number of likely N-dealkylation sites (N-methyl/N-ethyl adjacent to an activating group) is 1. The Morgan fingerprint density at radius 1 is 1.54 bits per heavy atom. The van der Waals surface area contributed by atoms with Crippen LogP contribution in [0.1, 0.15) is 5.56 Å². The normalized spacial score (nSPS) is 10.8. The predicted molar refractivity (Wildman–Crippen MR) is 56.0 cm³/mol. The monoisotopic (exact) mass is 178 g/mol. The molecule has 1 rings (SSSR count). The number of hydrogen-bond acceptors (Lipinski definition) is 4. The summed E-state index contributed by atoms with van der Waals surface area (Å²) in [6, 6.07) is 1.80. The molecule has 0 aliphatic rings. The fourth-order valence-corrected chi connectivity index (χ4v) is 0.913. The molecule has 4 heteroatoms. The Labute approximate surface area is 77.7 Å². The first-order valence-corrected chi connectivity index (χ1v) is 4.06. The molecule has 70 valence electrons. The molecule has 0 aromatic carbocycles. The third kappa shape index (κ3) is 2.76. The van der Waals surface area contributed by atoms with Crippen molar-refractivity contribution in [3.63, 3.8) is 0 Å². The van der Waals surface area contributed by atoms with E-state index in [-0.39, 0.29) is 0 Å². The van der Waals surface area contributed by atoms with E-state index in [1.807, 2.05) is 19.2 Å². The van der Waals surface area contributed by atoms with Crippen LogP contribution in [0, 0.1) is 0 Å². The Morgan fingerprint density at radius 2 is 2.31 bits per heavy atom. The molecule has 0 saturated carbocycles. The van der Waals surface area contributed by atoms with Gasteiger partial charge in [0.15, 0.2) is 0 Å². The number of pyridine rings is 1. The standard InChI is InChI=1S/C9H14N4/c1-12-4-2-3-7-5-8(10)9(11)13-6-7/h2-3,5-6,12H,4,10H2,1H3,(H2,11,13). The number of nitrogens with two attached hydrogens (primary N) is 2. The van der Waals surface area contributed by atoms with Crippen LogP contribution in [0.4, 0.5) is 11.5 Å². The summed E-state index contributed by atoms with van der Waals surface area (Å²) in [5.74, 6) is 0.380. The number of nitrogens with zero attached hydrogens (tertiary/aromatic N) is 1. The summed E-state index contributed by atoms with van der Waals surface area (Å²) in [7, 11) is 1.89. The molecule has 0 aliphatic carbocycles. The second-order valence-corrected chi connectivity index (χ2v) is 2.70. The summed E-state index contributed by atoms with van der Waals surface area (Å²) < 4.78 is 0. The fraction of sp³-hybridized carbons (Fsp3) is 0.222. The molecule has 0 spiro atoms. The van der Waals surface area contributed by atoms with Gasteiger partial charge in [-0.25, -0.2) is 4.98 Å². The van der Waals surface area contributed by atoms with E-state index in [0.717, 1.165) is 12.1 Å². The van der Waals surface area contributed by atoms with E-state index in [1.165, 1.54) is 0 Å². The average molecular weight is 178 g/mol. The molecule has 1 aromatic heterocycles. The van der Waals surface area contributed by atoms with Crippen molar-refractivity contribution in [2.45, 2.75) is 0 Å². The molecule has 13 heavy (non-hydrogen) atoms. The number of nitrogen functional groups attached to an aromatic ring is 2. The minimum Gasteiger partial charge on any atom is -0.396 e. The summed E-state index contributed by atoms with van der Waals surface area (Å²) in [5, 5.41) is 3.00. The maximum atomic E-state index is 5.59. The molecule has 0 aliphatic heterocycles. The Bertz CT molecular complexity index is 306. The minimum absolute atomic E-state index is 0.380. The highest BCUT2D eigenvalue weighted by Crippen LogP contribution is 2.13. The molecular weight excluding hydrogens is 164 g/mol. The van der Waals surface area contributed by atoms with Crippen LogP contribution in [0.25, 0.3) is 6.08 Å². The number of anilines is 2. The van der Waals surface area contributed by atoms with Gasteiger partial charge in [0.1, 0.15) is 5.82 Å². The Balaban J connectivity index is 2.73. The average Bonchev–Trinajstić information content (AvgIpc) is 2.12. The highest BCUT2D eigenvalue weighted by molar-refractivity contribution is 5.63. The van der Waals surface area contributed by atoms with Crippen LogP contribution >= 0.6 is 0 Å². The lowest BCUT2D eigenvalue weighted by atomic mass is 10.2. The quantitative estimate of drug-likeness (QED) is 0.629. The van der Waals surface area contributed by atoms with Crippen molar-refractivity contribution < 1.29 is 0 Å². The third-order valence-corrected chi connectivity index (χ3v) is 1.60. The van der Waals surface area contributed by atoms with E-state index in [0.29, 0.717) is 11.5 Å². The molecule has 0 atom stereocenters. The summed E-state index contributed by atoms with van der Waals surface area (Å²) in [6.07, 6.45) is 5.63. The van der Waals surface area contributed by atoms with Gasteiger partial charge in [0, 0.05) is 12.7 Å². The van der Waals surface area contributed by atoms with Gasteiger partial charge in [-0.2, -0.15) is 0 Å². The fourth-order valence-electron chi connectivity index (χ4n) is 0.913. The van der Waals surface area contributed by atoms with Gasteiger partial charge >= 0.3 is 0 Å². The highest BCUT2D eigenvalue weighted by Gasteiger charge is 1.94. The minimum atomic E-state index is 0.380. The van der Waals surface area contributed by atoms with Crippen molar-refractivity contribution in [1.29, 1.82) is 0 Å². The van der Waals surface area contributed by atoms with E-state index in [4.69, 9.17) is 11.5 Å². The highest BCUT2D eigenvalue weighted by atomic mass is 14.9. The van der Waals surface area contributed by atoms with Gasteiger partial charge in [-0.3, -0.25) is 0 Å². The van der Waals surface area contributed by atoms with Crippen LogP contribution in [0.3, 0.4) is 0 Å². The van der Waals surface area contributed by atoms with Crippen molar-refractivity contribution >= 4 is 17.6 Å². The van der Waals surface area contributed by atoms with Crippen molar-refractivity contribution in [2.75, 3.05) is 25.1 Å². The van der Waals surface area contributed by atoms with Gasteiger partial charge in [0.05, 0.1) is 5.69 Å². The number of hydrogen-bond donors (Lipinski definition) is 3. The topological polar surface area (TPSA) is 77.0 Å². The first-order valence-electron chi connectivity index (χ1n) is 4.06. The van der Waals surface area contributed by atoms with Crippen LogP contribution in [0.15, 0.2) is 18.3 Å². The molecule has 1 aromatic rings. The van der Waals surface area contributed by atoms with Crippen LogP contribution in [-0.4, -0.2) is 18.6 Å². The summed E-state index contributed by atoms with van der Waals surface area (Å²) in [4.78, 5) is 3.94. The maximum Gasteiger partial charge on any atom is 0.146 e. The molecular formula is C9H14N4. The van der Waals surface area contributed by atoms with E-state index < -0.39 is 0 Å². The van der Waals surface area contributed by atoms with Crippen molar-refractivity contribution in [3.05, 3.63) is 23.9 Å². The lowest BCUT2D eigenvalue weighted by Crippen LogP contribution is -2.03. The zero-order chi connectivity index (χ0) is 9.68. The van der Waals surface area contributed by atoms with Gasteiger partial charge in [-0.1, -0.05) is 12.2 Å². The summed E-state index contributed by atoms with van der Waals surface area (Å²) in [5.41, 5.74) is 12.5. The van der Waals surface area contributed by atoms with Crippen LogP contribution in [0.2, 0.25) is 0 Å². The number of nitrogens with one attached hydrogen (secondary N) is 1. The molecule has 0 amide bonds. The second kappa shape index (κ2) is 4.47. The van der Waals surface area contributed by atoms with Gasteiger partial charge in [-0.05, 0) is 18.7 Å². The largest absolute Gasteiger partial charge is 0.396 e. The Kier molecular flexibility index (Phi) is 3.28. The van der Waals surface area contributed by atoms with Crippen LogP contribution in [0.5, 0.6) is 0 Å². The van der Waals surface area contributed by atoms with E-state index in [1.54, 1.807) is 12.3 Å². The first-order chi connectivity index (χ1) is 6.24. The molecule has 0 fully saturated rings. The lowest BCUT2D eigenvalue weighted by Gasteiger charge is -1.99. The Morgan fingerprint density at radius 3 is 2.92 bits per heavy atom. The molecule has 0 radical (unpaired) electrons. The third-order valence-electron chi connectivity index (χ3n) is 1.60. The SMILES string of the molecule is CNCC=Cc1cnc(N)c(N)c1. The zero-order valence-corrected chi connectivity index (χ0v) is 7.62. The van der Waals surface area contributed by atoms with Gasteiger partial charge in [-0.15, -0.1) is 0 Å². The molecule has 0 saturated heterocycles. The summed E-state index contributed by atoms with van der Waals surface area (Å²) >= 11 is 0. The lowest BCUT2D eigenvalue weighted by molar-refractivity contribution is 0.922. The van der Waals surface area contributed by atoms with Crippen molar-refractivity contribution in [1.82, 2.24) is 10.3 Å². The molecule has 1 heterocycles. The van der Waals surface area contributed by atoms with E-state index >= 15 is 0 Å². The molecule has 0 unspecified atom stereocenters. The predicted octanol–water partition coefficient (Wildman–Crippen LogP) is 0.479. The molecule has 0 bridgehead atoms. The zero-order valence-electron chi connectivity index (χ0n) is 7.62. The van der Waals surface area contributed by atoms with Crippen LogP contribution < -0.4 is 16.8 Å². The molecule has 5 N–H and O–H groups in total. The number of rotatable bonds is 3. The maximum absolute atomic E-state index is 5.59. The van der Waals surface area contributed by atoms with Gasteiger partial charge in [0.25, 0.3) is 0 Å². The molecule has 4 nitrogen and oxygen atoms in total. The van der Waals surface area contributed by atoms with Crippen LogP contribution in [-0.2, 0) is 0 Å². The van der Waals surface area contributed by atoms with Gasteiger partial charge in [0.2, 0.25) is 0 Å². The smallest absolute Gasteiger partial charge is 0.146 e. The second-order valence-electron chi connectivity index (χ2n) is 2.70. The van der Waals surface area contributed by atoms with Crippen molar-refractivity contribution in [2.24, 2.45) is 0 Å².